The molecule has 1 aliphatic heterocycles. The third-order valence-corrected chi connectivity index (χ3v) is 5.08. The highest BCUT2D eigenvalue weighted by molar-refractivity contribution is 6.31. The molecule has 0 radical (unpaired) electrons. The van der Waals surface area contributed by atoms with E-state index in [4.69, 9.17) is 11.6 Å². The molecule has 1 aliphatic rings. The summed E-state index contributed by atoms with van der Waals surface area (Å²) in [6.07, 6.45) is 1.59. The van der Waals surface area contributed by atoms with Crippen molar-refractivity contribution >= 4 is 17.5 Å². The van der Waals surface area contributed by atoms with E-state index in [2.05, 4.69) is 41.2 Å². The van der Waals surface area contributed by atoms with Crippen molar-refractivity contribution in [2.45, 2.75) is 26.9 Å². The Morgan fingerprint density at radius 2 is 1.88 bits per heavy atom. The first-order valence-corrected chi connectivity index (χ1v) is 8.65. The quantitative estimate of drug-likeness (QED) is 0.854. The van der Waals surface area contributed by atoms with Gasteiger partial charge in [-0.3, -0.25) is 14.4 Å². The Balaban J connectivity index is 1.52. The van der Waals surface area contributed by atoms with Gasteiger partial charge in [-0.25, -0.2) is 0 Å². The molecule has 0 aliphatic carbocycles. The summed E-state index contributed by atoms with van der Waals surface area (Å²) in [5, 5.41) is 4.76. The number of carbonyl (C=O) groups is 1. The van der Waals surface area contributed by atoms with Gasteiger partial charge in [0, 0.05) is 32.7 Å². The molecule has 5 nitrogen and oxygen atoms in total. The molecule has 0 N–H and O–H groups in total. The monoisotopic (exact) mass is 346 g/mol. The Hall–Kier alpha value is -1.85. The van der Waals surface area contributed by atoms with Crippen LogP contribution in [0, 0.1) is 13.8 Å². The van der Waals surface area contributed by atoms with Gasteiger partial charge in [0.05, 0.1) is 16.9 Å². The fraction of sp³-hybridized carbons (Fsp3) is 0.444. The second kappa shape index (κ2) is 7.36. The number of halogens is 1. The van der Waals surface area contributed by atoms with Crippen molar-refractivity contribution in [1.82, 2.24) is 19.6 Å². The molecule has 1 saturated heterocycles. The number of piperazine rings is 1. The van der Waals surface area contributed by atoms with E-state index in [1.807, 2.05) is 11.8 Å². The molecule has 0 spiro atoms. The van der Waals surface area contributed by atoms with Gasteiger partial charge in [0.2, 0.25) is 5.91 Å². The zero-order valence-corrected chi connectivity index (χ0v) is 15.0. The molecule has 0 saturated carbocycles. The summed E-state index contributed by atoms with van der Waals surface area (Å²) in [5.41, 5.74) is 3.52. The van der Waals surface area contributed by atoms with Crippen molar-refractivity contribution in [2.24, 2.45) is 0 Å². The Morgan fingerprint density at radius 1 is 1.17 bits per heavy atom. The molecule has 6 heteroatoms. The zero-order valence-electron chi connectivity index (χ0n) is 14.2. The molecular weight excluding hydrogens is 324 g/mol. The number of hydrogen-bond acceptors (Lipinski definition) is 3. The van der Waals surface area contributed by atoms with Crippen molar-refractivity contribution in [1.29, 1.82) is 0 Å². The molecule has 0 atom stereocenters. The van der Waals surface area contributed by atoms with Crippen LogP contribution >= 0.6 is 11.6 Å². The number of amides is 1. The number of carbonyl (C=O) groups excluding carboxylic acids is 1. The summed E-state index contributed by atoms with van der Waals surface area (Å²) >= 11 is 5.99. The lowest BCUT2D eigenvalue weighted by Crippen LogP contribution is -2.49. The van der Waals surface area contributed by atoms with Crippen LogP contribution in [0.15, 0.2) is 30.5 Å². The van der Waals surface area contributed by atoms with Crippen molar-refractivity contribution in [3.8, 4) is 0 Å². The molecule has 2 aromatic rings. The summed E-state index contributed by atoms with van der Waals surface area (Å²) in [7, 11) is 0. The third-order valence-electron chi connectivity index (χ3n) is 4.71. The van der Waals surface area contributed by atoms with Gasteiger partial charge in [0.25, 0.3) is 0 Å². The van der Waals surface area contributed by atoms with Crippen molar-refractivity contribution in [3.63, 3.8) is 0 Å². The summed E-state index contributed by atoms with van der Waals surface area (Å²) in [6.45, 7) is 8.56. The smallest absolute Gasteiger partial charge is 0.244 e. The van der Waals surface area contributed by atoms with Crippen LogP contribution in [0.25, 0.3) is 0 Å². The predicted octanol–water partition coefficient (Wildman–Crippen LogP) is 2.50. The topological polar surface area (TPSA) is 41.4 Å². The molecule has 2 heterocycles. The summed E-state index contributed by atoms with van der Waals surface area (Å²) < 4.78 is 1.67. The van der Waals surface area contributed by atoms with E-state index < -0.39 is 0 Å². The minimum atomic E-state index is 0.105. The molecular formula is C18H23ClN4O. The standard InChI is InChI=1S/C18H23ClN4O/c1-14-5-3-4-6-16(14)12-21-7-9-22(10-8-21)18(24)13-23-15(2)17(19)11-20-23/h3-6,11H,7-10,12-13H2,1-2H3. The highest BCUT2D eigenvalue weighted by Gasteiger charge is 2.22. The zero-order chi connectivity index (χ0) is 17.1. The van der Waals surface area contributed by atoms with Gasteiger partial charge in [-0.15, -0.1) is 0 Å². The van der Waals surface area contributed by atoms with E-state index >= 15 is 0 Å². The minimum Gasteiger partial charge on any atom is -0.339 e. The maximum Gasteiger partial charge on any atom is 0.244 e. The van der Waals surface area contributed by atoms with Crippen LogP contribution in [0.1, 0.15) is 16.8 Å². The first-order chi connectivity index (χ1) is 11.5. The molecule has 1 fully saturated rings. The predicted molar refractivity (Wildman–Crippen MR) is 95.0 cm³/mol. The van der Waals surface area contributed by atoms with Gasteiger partial charge < -0.3 is 4.90 Å². The van der Waals surface area contributed by atoms with Crippen LogP contribution < -0.4 is 0 Å². The van der Waals surface area contributed by atoms with E-state index in [9.17, 15) is 4.79 Å². The van der Waals surface area contributed by atoms with E-state index in [0.717, 1.165) is 38.4 Å². The Morgan fingerprint density at radius 3 is 2.50 bits per heavy atom. The van der Waals surface area contributed by atoms with Crippen LogP contribution in [0.4, 0.5) is 0 Å². The summed E-state index contributed by atoms with van der Waals surface area (Å²) in [4.78, 5) is 16.8. The number of aryl methyl sites for hydroxylation is 1. The van der Waals surface area contributed by atoms with Crippen LogP contribution in [-0.4, -0.2) is 51.7 Å². The normalized spacial score (nSPS) is 15.7. The maximum absolute atomic E-state index is 12.5. The van der Waals surface area contributed by atoms with Crippen LogP contribution in [0.3, 0.4) is 0 Å². The van der Waals surface area contributed by atoms with Gasteiger partial charge >= 0.3 is 0 Å². The van der Waals surface area contributed by atoms with E-state index in [0.29, 0.717) is 5.02 Å². The van der Waals surface area contributed by atoms with Crippen LogP contribution in [-0.2, 0) is 17.9 Å². The maximum atomic E-state index is 12.5. The fourth-order valence-corrected chi connectivity index (χ4v) is 3.14. The average molecular weight is 347 g/mol. The van der Waals surface area contributed by atoms with Crippen molar-refractivity contribution < 1.29 is 4.79 Å². The number of aromatic nitrogens is 2. The Kier molecular flexibility index (Phi) is 5.21. The van der Waals surface area contributed by atoms with Crippen LogP contribution in [0.5, 0.6) is 0 Å². The van der Waals surface area contributed by atoms with Crippen LogP contribution in [0.2, 0.25) is 5.02 Å². The van der Waals surface area contributed by atoms with E-state index in [1.165, 1.54) is 11.1 Å². The SMILES string of the molecule is Cc1ccccc1CN1CCN(C(=O)Cn2ncc(Cl)c2C)CC1. The van der Waals surface area contributed by atoms with Crippen molar-refractivity contribution in [3.05, 3.63) is 52.3 Å². The molecule has 0 bridgehead atoms. The van der Waals surface area contributed by atoms with Gasteiger partial charge in [-0.1, -0.05) is 35.9 Å². The first-order valence-electron chi connectivity index (χ1n) is 8.27. The number of hydrogen-bond donors (Lipinski definition) is 0. The molecule has 24 heavy (non-hydrogen) atoms. The fourth-order valence-electron chi connectivity index (χ4n) is 3.00. The molecule has 0 unspecified atom stereocenters. The summed E-state index contributed by atoms with van der Waals surface area (Å²) in [6, 6.07) is 8.47. The molecule has 1 amide bonds. The highest BCUT2D eigenvalue weighted by Crippen LogP contribution is 2.15. The summed E-state index contributed by atoms with van der Waals surface area (Å²) in [5.74, 6) is 0.105. The number of nitrogens with zero attached hydrogens (tertiary/aromatic N) is 4. The van der Waals surface area contributed by atoms with E-state index in [1.54, 1.807) is 10.9 Å². The lowest BCUT2D eigenvalue weighted by molar-refractivity contribution is -0.133. The molecule has 1 aromatic heterocycles. The van der Waals surface area contributed by atoms with Gasteiger partial charge in [-0.05, 0) is 25.0 Å². The average Bonchev–Trinajstić information content (AvgIpc) is 2.90. The van der Waals surface area contributed by atoms with E-state index in [-0.39, 0.29) is 12.5 Å². The third kappa shape index (κ3) is 3.79. The van der Waals surface area contributed by atoms with Gasteiger partial charge in [0.1, 0.15) is 6.54 Å². The molecule has 1 aromatic carbocycles. The first kappa shape index (κ1) is 17.0. The Labute approximate surface area is 147 Å². The lowest BCUT2D eigenvalue weighted by atomic mass is 10.1. The van der Waals surface area contributed by atoms with Crippen molar-refractivity contribution in [2.75, 3.05) is 26.2 Å². The second-order valence-electron chi connectivity index (χ2n) is 6.32. The second-order valence-corrected chi connectivity index (χ2v) is 6.73. The highest BCUT2D eigenvalue weighted by atomic mass is 35.5. The molecule has 128 valence electrons. The van der Waals surface area contributed by atoms with Gasteiger partial charge in [0.15, 0.2) is 0 Å². The lowest BCUT2D eigenvalue weighted by Gasteiger charge is -2.35. The Bertz CT molecular complexity index is 720. The number of rotatable bonds is 4. The molecule has 3 rings (SSSR count). The van der Waals surface area contributed by atoms with Gasteiger partial charge in [-0.2, -0.15) is 5.10 Å². The number of benzene rings is 1. The minimum absolute atomic E-state index is 0.105. The largest absolute Gasteiger partial charge is 0.339 e.